The molecule has 0 N–H and O–H groups in total. The van der Waals surface area contributed by atoms with Crippen molar-refractivity contribution in [3.8, 4) is 0 Å². The maximum absolute atomic E-state index is 2.51. The molecule has 0 radical (unpaired) electrons. The Bertz CT molecular complexity index is 140. The second-order valence-corrected chi connectivity index (χ2v) is 4.82. The van der Waals surface area contributed by atoms with Gasteiger partial charge < -0.3 is 0 Å². The first-order valence-corrected chi connectivity index (χ1v) is 4.66. The van der Waals surface area contributed by atoms with Gasteiger partial charge in [0.1, 0.15) is 0 Å². The van der Waals surface area contributed by atoms with Crippen LogP contribution in [0.3, 0.4) is 0 Å². The fourth-order valence-corrected chi connectivity index (χ4v) is 2.42. The molecule has 0 amide bonds. The smallest absolute Gasteiger partial charge is 0.0155 e. The molecule has 0 aromatic heterocycles. The van der Waals surface area contributed by atoms with Gasteiger partial charge in [0.15, 0.2) is 0 Å². The lowest BCUT2D eigenvalue weighted by molar-refractivity contribution is 0.0328. The van der Waals surface area contributed by atoms with E-state index in [1.165, 1.54) is 12.8 Å². The Morgan fingerprint density at radius 1 is 1.27 bits per heavy atom. The van der Waals surface area contributed by atoms with Crippen LogP contribution in [0, 0.1) is 5.92 Å². The van der Waals surface area contributed by atoms with Gasteiger partial charge in [-0.05, 0) is 46.6 Å². The average Bonchev–Trinajstić information content (AvgIpc) is 1.81. The minimum absolute atomic E-state index is 0.414. The number of nitrogens with zero attached hydrogens (tertiary/aromatic N) is 1. The van der Waals surface area contributed by atoms with E-state index in [9.17, 15) is 0 Å². The number of hydrogen-bond donors (Lipinski definition) is 0. The third-order valence-corrected chi connectivity index (χ3v) is 3.21. The van der Waals surface area contributed by atoms with Crippen molar-refractivity contribution in [2.24, 2.45) is 5.92 Å². The summed E-state index contributed by atoms with van der Waals surface area (Å²) in [7, 11) is 2.25. The van der Waals surface area contributed by atoms with Crippen molar-refractivity contribution in [2.75, 3.05) is 7.05 Å². The summed E-state index contributed by atoms with van der Waals surface area (Å²) in [5, 5.41) is 0. The van der Waals surface area contributed by atoms with E-state index in [0.29, 0.717) is 5.54 Å². The first kappa shape index (κ1) is 9.05. The predicted octanol–water partition coefficient (Wildman–Crippen LogP) is 2.52. The van der Waals surface area contributed by atoms with Crippen LogP contribution in [0.25, 0.3) is 0 Å². The highest BCUT2D eigenvalue weighted by molar-refractivity contribution is 4.89. The molecule has 11 heavy (non-hydrogen) atoms. The summed E-state index contributed by atoms with van der Waals surface area (Å²) in [6.45, 7) is 9.39. The van der Waals surface area contributed by atoms with Crippen molar-refractivity contribution in [3.05, 3.63) is 0 Å². The molecule has 1 aliphatic heterocycles. The molecule has 1 heterocycles. The SMILES string of the molecule is CC1CC(C)N(C)C(C)(C)C1. The molecule has 66 valence electrons. The van der Waals surface area contributed by atoms with E-state index in [-0.39, 0.29) is 0 Å². The van der Waals surface area contributed by atoms with Crippen LogP contribution in [0.15, 0.2) is 0 Å². The number of likely N-dealkylation sites (tertiary alicyclic amines) is 1. The summed E-state index contributed by atoms with van der Waals surface area (Å²) in [6, 6.07) is 0.758. The van der Waals surface area contributed by atoms with E-state index < -0.39 is 0 Å². The van der Waals surface area contributed by atoms with Gasteiger partial charge in [-0.15, -0.1) is 0 Å². The molecule has 0 aromatic carbocycles. The van der Waals surface area contributed by atoms with Crippen molar-refractivity contribution >= 4 is 0 Å². The van der Waals surface area contributed by atoms with Crippen LogP contribution in [0.5, 0.6) is 0 Å². The van der Waals surface area contributed by atoms with Crippen molar-refractivity contribution in [1.82, 2.24) is 4.90 Å². The van der Waals surface area contributed by atoms with Crippen LogP contribution < -0.4 is 0 Å². The van der Waals surface area contributed by atoms with Gasteiger partial charge in [-0.2, -0.15) is 0 Å². The van der Waals surface area contributed by atoms with Crippen molar-refractivity contribution in [3.63, 3.8) is 0 Å². The third kappa shape index (κ3) is 1.76. The lowest BCUT2D eigenvalue weighted by Gasteiger charge is -2.47. The fraction of sp³-hybridized carbons (Fsp3) is 1.00. The van der Waals surface area contributed by atoms with Crippen LogP contribution >= 0.6 is 0 Å². The van der Waals surface area contributed by atoms with E-state index in [0.717, 1.165) is 12.0 Å². The Hall–Kier alpha value is -0.0400. The highest BCUT2D eigenvalue weighted by atomic mass is 15.2. The van der Waals surface area contributed by atoms with Crippen molar-refractivity contribution in [2.45, 2.75) is 52.1 Å². The van der Waals surface area contributed by atoms with E-state index in [1.807, 2.05) is 0 Å². The summed E-state index contributed by atoms with van der Waals surface area (Å²) in [5.41, 5.74) is 0.414. The molecule has 2 unspecified atom stereocenters. The Morgan fingerprint density at radius 2 is 1.82 bits per heavy atom. The van der Waals surface area contributed by atoms with Crippen LogP contribution in [-0.2, 0) is 0 Å². The second-order valence-electron chi connectivity index (χ2n) is 4.82. The van der Waals surface area contributed by atoms with Gasteiger partial charge in [0, 0.05) is 11.6 Å². The van der Waals surface area contributed by atoms with Gasteiger partial charge in [-0.1, -0.05) is 6.92 Å². The molecule has 1 fully saturated rings. The summed E-state index contributed by atoms with van der Waals surface area (Å²) in [4.78, 5) is 2.51. The van der Waals surface area contributed by atoms with Crippen LogP contribution in [0.1, 0.15) is 40.5 Å². The standard InChI is InChI=1S/C10H21N/c1-8-6-9(2)11(5)10(3,4)7-8/h8-9H,6-7H2,1-5H3. The Balaban J connectivity index is 2.67. The predicted molar refractivity (Wildman–Crippen MR) is 49.7 cm³/mol. The molecule has 0 spiro atoms. The summed E-state index contributed by atoms with van der Waals surface area (Å²) in [5.74, 6) is 0.899. The van der Waals surface area contributed by atoms with E-state index in [1.54, 1.807) is 0 Å². The first-order chi connectivity index (χ1) is 4.93. The topological polar surface area (TPSA) is 3.24 Å². The van der Waals surface area contributed by atoms with Gasteiger partial charge in [0.05, 0.1) is 0 Å². The van der Waals surface area contributed by atoms with Gasteiger partial charge in [0.2, 0.25) is 0 Å². The lowest BCUT2D eigenvalue weighted by Crippen LogP contribution is -2.51. The zero-order valence-electron chi connectivity index (χ0n) is 8.52. The molecule has 1 heteroatoms. The highest BCUT2D eigenvalue weighted by Crippen LogP contribution is 2.33. The van der Waals surface area contributed by atoms with Gasteiger partial charge in [-0.25, -0.2) is 0 Å². The highest BCUT2D eigenvalue weighted by Gasteiger charge is 2.34. The maximum atomic E-state index is 2.51. The number of rotatable bonds is 0. The molecule has 1 saturated heterocycles. The van der Waals surface area contributed by atoms with Crippen LogP contribution in [0.2, 0.25) is 0 Å². The quantitative estimate of drug-likeness (QED) is 0.519. The molecular weight excluding hydrogens is 134 g/mol. The van der Waals surface area contributed by atoms with E-state index in [4.69, 9.17) is 0 Å². The molecule has 0 aliphatic carbocycles. The Labute approximate surface area is 70.8 Å². The third-order valence-electron chi connectivity index (χ3n) is 3.21. The second kappa shape index (κ2) is 2.78. The minimum Gasteiger partial charge on any atom is -0.299 e. The number of hydrogen-bond acceptors (Lipinski definition) is 1. The molecule has 0 saturated carbocycles. The summed E-state index contributed by atoms with van der Waals surface area (Å²) in [6.07, 6.45) is 2.70. The molecule has 1 nitrogen and oxygen atoms in total. The normalized spacial score (nSPS) is 39.0. The zero-order chi connectivity index (χ0) is 8.65. The Morgan fingerprint density at radius 3 is 2.27 bits per heavy atom. The number of piperidine rings is 1. The van der Waals surface area contributed by atoms with E-state index in [2.05, 4.69) is 39.6 Å². The molecule has 1 rings (SSSR count). The molecular formula is C10H21N. The van der Waals surface area contributed by atoms with Crippen molar-refractivity contribution in [1.29, 1.82) is 0 Å². The van der Waals surface area contributed by atoms with Gasteiger partial charge in [0.25, 0.3) is 0 Å². The summed E-state index contributed by atoms with van der Waals surface area (Å²) < 4.78 is 0. The first-order valence-electron chi connectivity index (χ1n) is 4.66. The molecule has 1 aliphatic rings. The van der Waals surface area contributed by atoms with Crippen molar-refractivity contribution < 1.29 is 0 Å². The Kier molecular flexibility index (Phi) is 2.29. The maximum Gasteiger partial charge on any atom is 0.0155 e. The van der Waals surface area contributed by atoms with Crippen LogP contribution in [-0.4, -0.2) is 23.5 Å². The molecule has 0 bridgehead atoms. The summed E-state index contributed by atoms with van der Waals surface area (Å²) >= 11 is 0. The lowest BCUT2D eigenvalue weighted by atomic mass is 9.81. The average molecular weight is 155 g/mol. The van der Waals surface area contributed by atoms with Gasteiger partial charge in [-0.3, -0.25) is 4.90 Å². The monoisotopic (exact) mass is 155 g/mol. The van der Waals surface area contributed by atoms with E-state index >= 15 is 0 Å². The fourth-order valence-electron chi connectivity index (χ4n) is 2.42. The zero-order valence-corrected chi connectivity index (χ0v) is 8.52. The van der Waals surface area contributed by atoms with Gasteiger partial charge >= 0.3 is 0 Å². The minimum atomic E-state index is 0.414. The molecule has 2 atom stereocenters. The largest absolute Gasteiger partial charge is 0.299 e. The molecule has 0 aromatic rings. The van der Waals surface area contributed by atoms with Crippen LogP contribution in [0.4, 0.5) is 0 Å².